The number of amides is 2. The Bertz CT molecular complexity index is 2310. The average molecular weight is 770 g/mol. The molecule has 0 bridgehead atoms. The average Bonchev–Trinajstić information content (AvgIpc) is 3.59. The first-order valence-corrected chi connectivity index (χ1v) is 19.6. The number of likely N-dealkylation sites (tertiary alicyclic amines) is 1. The lowest BCUT2D eigenvalue weighted by molar-refractivity contribution is -0.134. The Balaban J connectivity index is 0.940. The number of piperidine rings is 2. The Kier molecular flexibility index (Phi) is 10.0. The number of aliphatic hydroxyl groups is 1. The lowest BCUT2D eigenvalue weighted by atomic mass is 9.93. The molecule has 8 rings (SSSR count). The van der Waals surface area contributed by atoms with E-state index in [2.05, 4.69) is 41.9 Å². The highest BCUT2D eigenvalue weighted by Gasteiger charge is 2.32. The topological polar surface area (TPSA) is 167 Å². The summed E-state index contributed by atoms with van der Waals surface area (Å²) in [4.78, 5) is 51.8. The fourth-order valence-corrected chi connectivity index (χ4v) is 7.98. The second-order valence-electron chi connectivity index (χ2n) is 15.7. The summed E-state index contributed by atoms with van der Waals surface area (Å²) in [6.45, 7) is 8.97. The van der Waals surface area contributed by atoms with Crippen LogP contribution in [0.2, 0.25) is 5.02 Å². The first-order chi connectivity index (χ1) is 26.4. The molecule has 16 heteroatoms. The molecule has 3 aromatic heterocycles. The summed E-state index contributed by atoms with van der Waals surface area (Å²) in [5.74, 6) is 0.105. The van der Waals surface area contributed by atoms with Gasteiger partial charge in [-0.15, -0.1) is 0 Å². The molecular weight excluding hydrogens is 722 g/mol. The Labute approximate surface area is 323 Å². The predicted molar refractivity (Wildman–Crippen MR) is 213 cm³/mol. The highest BCUT2D eigenvalue weighted by molar-refractivity contribution is 6.33. The maximum Gasteiger partial charge on any atom is 0.329 e. The molecule has 55 heavy (non-hydrogen) atoms. The summed E-state index contributed by atoms with van der Waals surface area (Å²) in [5.41, 5.74) is 4.02. The van der Waals surface area contributed by atoms with Gasteiger partial charge in [0, 0.05) is 69.0 Å². The van der Waals surface area contributed by atoms with E-state index in [1.54, 1.807) is 29.3 Å². The third-order valence-electron chi connectivity index (χ3n) is 11.1. The van der Waals surface area contributed by atoms with Crippen LogP contribution in [0.5, 0.6) is 0 Å². The van der Waals surface area contributed by atoms with Gasteiger partial charge in [0.05, 0.1) is 40.0 Å². The molecule has 3 saturated heterocycles. The molecule has 0 spiro atoms. The summed E-state index contributed by atoms with van der Waals surface area (Å²) < 4.78 is 5.40. The maximum absolute atomic E-state index is 13.7. The zero-order valence-corrected chi connectivity index (χ0v) is 32.3. The Morgan fingerprint density at radius 1 is 0.927 bits per heavy atom. The molecule has 3 fully saturated rings. The van der Waals surface area contributed by atoms with E-state index in [0.29, 0.717) is 54.8 Å². The molecule has 3 aliphatic heterocycles. The smallest absolute Gasteiger partial charge is 0.329 e. The van der Waals surface area contributed by atoms with Gasteiger partial charge in [0.15, 0.2) is 5.82 Å². The molecule has 290 valence electrons. The van der Waals surface area contributed by atoms with Crippen LogP contribution in [0.4, 0.5) is 23.1 Å². The van der Waals surface area contributed by atoms with Gasteiger partial charge in [-0.1, -0.05) is 11.6 Å². The van der Waals surface area contributed by atoms with Crippen molar-refractivity contribution >= 4 is 68.5 Å². The normalized spacial score (nSPS) is 18.6. The Morgan fingerprint density at radius 3 is 2.40 bits per heavy atom. The van der Waals surface area contributed by atoms with Crippen LogP contribution in [0.3, 0.4) is 0 Å². The minimum atomic E-state index is -0.907. The zero-order valence-electron chi connectivity index (χ0n) is 31.5. The molecule has 2 aromatic carbocycles. The highest BCUT2D eigenvalue weighted by Crippen LogP contribution is 2.33. The number of benzene rings is 2. The van der Waals surface area contributed by atoms with Gasteiger partial charge in [-0.05, 0) is 95.4 Å². The van der Waals surface area contributed by atoms with Crippen LogP contribution in [-0.4, -0.2) is 95.1 Å². The molecule has 0 aliphatic carbocycles. The lowest BCUT2D eigenvalue weighted by Gasteiger charge is -2.33. The van der Waals surface area contributed by atoms with Crippen LogP contribution < -0.4 is 26.5 Å². The Hall–Kier alpha value is -4.99. The van der Waals surface area contributed by atoms with Crippen LogP contribution in [0.1, 0.15) is 64.0 Å². The second kappa shape index (κ2) is 14.9. The molecule has 1 unspecified atom stereocenters. The molecule has 15 nitrogen and oxygen atoms in total. The number of hydrogen-bond donors (Lipinski definition) is 4. The summed E-state index contributed by atoms with van der Waals surface area (Å²) in [6.07, 6.45) is 5.76. The van der Waals surface area contributed by atoms with Crippen molar-refractivity contribution < 1.29 is 14.7 Å². The summed E-state index contributed by atoms with van der Waals surface area (Å²) in [5, 5.41) is 25.9. The molecule has 6 heterocycles. The van der Waals surface area contributed by atoms with E-state index in [4.69, 9.17) is 16.6 Å². The zero-order chi connectivity index (χ0) is 38.4. The number of rotatable bonds is 12. The van der Waals surface area contributed by atoms with Crippen molar-refractivity contribution in [2.24, 2.45) is 7.05 Å². The number of imide groups is 1. The molecule has 4 N–H and O–H groups in total. The molecular formula is C39H48ClN11O4. The second-order valence-corrected chi connectivity index (χ2v) is 16.1. The number of imidazole rings is 1. The number of aryl methyl sites for hydroxylation is 2. The van der Waals surface area contributed by atoms with Gasteiger partial charge in [0.1, 0.15) is 5.02 Å². The number of carbonyl (C=O) groups is 2. The van der Waals surface area contributed by atoms with E-state index in [-0.39, 0.29) is 23.5 Å². The number of halogens is 1. The van der Waals surface area contributed by atoms with Crippen LogP contribution in [0, 0.1) is 0 Å². The number of anilines is 4. The third-order valence-corrected chi connectivity index (χ3v) is 11.4. The van der Waals surface area contributed by atoms with Crippen LogP contribution in [0.25, 0.3) is 21.9 Å². The van der Waals surface area contributed by atoms with Crippen LogP contribution in [0.15, 0.2) is 47.4 Å². The van der Waals surface area contributed by atoms with Crippen molar-refractivity contribution in [3.05, 3.63) is 63.8 Å². The van der Waals surface area contributed by atoms with E-state index in [9.17, 15) is 19.5 Å². The van der Waals surface area contributed by atoms with Crippen LogP contribution in [-0.2, 0) is 29.7 Å². The number of nitrogens with one attached hydrogen (secondary N) is 3. The third kappa shape index (κ3) is 7.78. The number of hydrogen-bond acceptors (Lipinski definition) is 11. The number of nitrogens with zero attached hydrogens (tertiary/aromatic N) is 8. The van der Waals surface area contributed by atoms with Crippen molar-refractivity contribution in [2.75, 3.05) is 48.3 Å². The molecule has 3 aliphatic rings. The number of fused-ring (bicyclic) bond motifs is 2. The lowest BCUT2D eigenvalue weighted by Crippen LogP contribution is -2.40. The number of aromatic nitrogens is 6. The molecule has 1 atom stereocenters. The summed E-state index contributed by atoms with van der Waals surface area (Å²) in [7, 11) is 1.87. The van der Waals surface area contributed by atoms with E-state index in [1.165, 1.54) is 6.42 Å². The molecule has 0 radical (unpaired) electrons. The van der Waals surface area contributed by atoms with Gasteiger partial charge in [-0.2, -0.15) is 10.1 Å². The van der Waals surface area contributed by atoms with Crippen molar-refractivity contribution in [2.45, 2.75) is 83.0 Å². The fraction of sp³-hybridized carbons (Fsp3) is 0.487. The van der Waals surface area contributed by atoms with Crippen molar-refractivity contribution in [3.8, 4) is 0 Å². The Morgan fingerprint density at radius 2 is 1.67 bits per heavy atom. The largest absolute Gasteiger partial charge is 0.390 e. The van der Waals surface area contributed by atoms with Crippen molar-refractivity contribution in [3.63, 3.8) is 0 Å². The minimum Gasteiger partial charge on any atom is -0.390 e. The minimum absolute atomic E-state index is 0.0754. The van der Waals surface area contributed by atoms with E-state index in [0.717, 1.165) is 78.9 Å². The monoisotopic (exact) mass is 769 g/mol. The first kappa shape index (κ1) is 37.0. The van der Waals surface area contributed by atoms with E-state index < -0.39 is 11.5 Å². The fourth-order valence-electron chi connectivity index (χ4n) is 7.84. The van der Waals surface area contributed by atoms with Crippen molar-refractivity contribution in [1.82, 2.24) is 39.1 Å². The van der Waals surface area contributed by atoms with Crippen LogP contribution >= 0.6 is 11.6 Å². The maximum atomic E-state index is 13.7. The molecule has 0 saturated carbocycles. The summed E-state index contributed by atoms with van der Waals surface area (Å²) >= 11 is 6.63. The quantitative estimate of drug-likeness (QED) is 0.133. The standard InChI is InChI=1S/C39H48ClN11O4/c1-39(2,55)13-18-50-32-22-26(6-9-30(32)51(38(50)54)20-19-48-14-4-15-48)43-35-29(40)23-41-37(45-35)49-16-11-24(12-17-49)42-25-5-7-27-31(21-25)47(3)46-34(27)28-8-10-33(52)44-36(28)53/h5-7,9,21-24,28,42,55H,4,8,10-20H2,1-3H3,(H,41,43,45)(H,44,52,53). The predicted octanol–water partition coefficient (Wildman–Crippen LogP) is 4.34. The van der Waals surface area contributed by atoms with Gasteiger partial charge < -0.3 is 25.5 Å². The van der Waals surface area contributed by atoms with Gasteiger partial charge in [-0.25, -0.2) is 9.78 Å². The van der Waals surface area contributed by atoms with E-state index in [1.807, 2.05) is 41.9 Å². The molecule has 5 aromatic rings. The van der Waals surface area contributed by atoms with E-state index >= 15 is 0 Å². The van der Waals surface area contributed by atoms with Gasteiger partial charge in [0.25, 0.3) is 0 Å². The van der Waals surface area contributed by atoms with Gasteiger partial charge in [0.2, 0.25) is 17.8 Å². The molecule has 2 amide bonds. The first-order valence-electron chi connectivity index (χ1n) is 19.2. The number of carbonyl (C=O) groups excluding carboxylic acids is 2. The highest BCUT2D eigenvalue weighted by atomic mass is 35.5. The summed E-state index contributed by atoms with van der Waals surface area (Å²) in [6, 6.07) is 12.2. The van der Waals surface area contributed by atoms with Gasteiger partial charge in [-0.3, -0.25) is 28.7 Å². The van der Waals surface area contributed by atoms with Crippen molar-refractivity contribution in [1.29, 1.82) is 0 Å². The SMILES string of the molecule is Cn1nc(C2CCC(=O)NC2=O)c2ccc(NC3CCN(c4ncc(Cl)c(Nc5ccc6c(c5)n(CCC(C)(C)O)c(=O)n6CCN5CCC5)n4)CC3)cc21. The van der Waals surface area contributed by atoms with Gasteiger partial charge >= 0.3 is 5.69 Å².